The highest BCUT2D eigenvalue weighted by atomic mass is 28.1. The van der Waals surface area contributed by atoms with E-state index in [0.29, 0.717) is 5.92 Å². The molecule has 0 bridgehead atoms. The summed E-state index contributed by atoms with van der Waals surface area (Å²) >= 11 is 0. The smallest absolute Gasteiger partial charge is 0.308 e. The number of hydrogen-bond acceptors (Lipinski definition) is 2. The van der Waals surface area contributed by atoms with Crippen LogP contribution in [0.4, 0.5) is 0 Å². The molecule has 0 aromatic rings. The van der Waals surface area contributed by atoms with Crippen molar-refractivity contribution in [2.75, 3.05) is 0 Å². The molecule has 1 fully saturated rings. The Kier molecular flexibility index (Phi) is 5.70. The van der Waals surface area contributed by atoms with Crippen LogP contribution in [0.2, 0.25) is 5.04 Å². The van der Waals surface area contributed by atoms with Gasteiger partial charge in [-0.05, 0) is 38.0 Å². The van der Waals surface area contributed by atoms with Crippen molar-refractivity contribution in [3.8, 4) is 0 Å². The molecule has 0 heterocycles. The van der Waals surface area contributed by atoms with Crippen LogP contribution in [-0.4, -0.2) is 22.3 Å². The summed E-state index contributed by atoms with van der Waals surface area (Å²) in [5, 5.41) is -0.161. The van der Waals surface area contributed by atoms with Crippen LogP contribution in [0.25, 0.3) is 0 Å². The maximum Gasteiger partial charge on any atom is 0.308 e. The van der Waals surface area contributed by atoms with Crippen molar-refractivity contribution in [2.45, 2.75) is 76.9 Å². The van der Waals surface area contributed by atoms with Gasteiger partial charge in [0.15, 0.2) is 0 Å². The predicted octanol–water partition coefficient (Wildman–Crippen LogP) is 2.84. The Labute approximate surface area is 109 Å². The van der Waals surface area contributed by atoms with Gasteiger partial charge in [-0.2, -0.15) is 0 Å². The van der Waals surface area contributed by atoms with Crippen molar-refractivity contribution in [2.24, 2.45) is 5.92 Å². The molecule has 0 aromatic heterocycles. The van der Waals surface area contributed by atoms with Crippen molar-refractivity contribution < 1.29 is 9.53 Å². The largest absolute Gasteiger partial charge is 0.462 e. The van der Waals surface area contributed by atoms with Gasteiger partial charge < -0.3 is 4.74 Å². The molecule has 1 rings (SSSR count). The minimum Gasteiger partial charge on any atom is -0.462 e. The summed E-state index contributed by atoms with van der Waals surface area (Å²) in [5.74, 6) is 0.545. The van der Waals surface area contributed by atoms with Gasteiger partial charge >= 0.3 is 5.97 Å². The lowest BCUT2D eigenvalue weighted by Crippen LogP contribution is -2.35. The first-order valence-corrected chi connectivity index (χ1v) is 8.25. The highest BCUT2D eigenvalue weighted by molar-refractivity contribution is 6.27. The first-order chi connectivity index (χ1) is 8.04. The zero-order valence-corrected chi connectivity index (χ0v) is 13.9. The summed E-state index contributed by atoms with van der Waals surface area (Å²) in [7, 11) is 0.902. The van der Waals surface area contributed by atoms with Gasteiger partial charge in [0.05, 0.1) is 5.04 Å². The van der Waals surface area contributed by atoms with E-state index in [-0.39, 0.29) is 17.1 Å². The summed E-state index contributed by atoms with van der Waals surface area (Å²) in [4.78, 5) is 12.4. The standard InChI is InChI=1S/C14H28O2Si/c1-4-11(3)14(17,5-2)13(15)16-12-9-7-6-8-10-12/h11-12H,4-10H2,1-3,17H3. The lowest BCUT2D eigenvalue weighted by Gasteiger charge is -2.34. The molecule has 2 atom stereocenters. The van der Waals surface area contributed by atoms with Gasteiger partial charge in [0.1, 0.15) is 6.10 Å². The second-order valence-corrected chi connectivity index (χ2v) is 7.53. The topological polar surface area (TPSA) is 26.3 Å². The summed E-state index contributed by atoms with van der Waals surface area (Å²) in [5.41, 5.74) is 0. The maximum atomic E-state index is 12.4. The van der Waals surface area contributed by atoms with Crippen molar-refractivity contribution >= 4 is 16.2 Å². The molecular formula is C14H28O2Si. The molecule has 0 amide bonds. The van der Waals surface area contributed by atoms with Crippen LogP contribution in [0.5, 0.6) is 0 Å². The second-order valence-electron chi connectivity index (χ2n) is 5.75. The number of rotatable bonds is 5. The molecule has 0 aliphatic heterocycles. The summed E-state index contributed by atoms with van der Waals surface area (Å²) < 4.78 is 5.77. The Morgan fingerprint density at radius 2 is 1.94 bits per heavy atom. The third kappa shape index (κ3) is 3.57. The van der Waals surface area contributed by atoms with Gasteiger partial charge in [-0.15, -0.1) is 0 Å². The van der Waals surface area contributed by atoms with Crippen LogP contribution in [0.3, 0.4) is 0 Å². The fraction of sp³-hybridized carbons (Fsp3) is 0.929. The summed E-state index contributed by atoms with van der Waals surface area (Å²) in [6, 6.07) is 0. The Balaban J connectivity index is 2.59. The number of carbonyl (C=O) groups is 1. The Hall–Kier alpha value is -0.313. The monoisotopic (exact) mass is 256 g/mol. The summed E-state index contributed by atoms with van der Waals surface area (Å²) in [6.45, 7) is 6.49. The SMILES string of the molecule is CCC(C)C([SiH3])(CC)C(=O)OC1CCCCC1. The Morgan fingerprint density at radius 3 is 2.41 bits per heavy atom. The Morgan fingerprint density at radius 1 is 1.35 bits per heavy atom. The number of carbonyl (C=O) groups excluding carboxylic acids is 1. The number of ether oxygens (including phenoxy) is 1. The van der Waals surface area contributed by atoms with Gasteiger partial charge in [0.25, 0.3) is 0 Å². The zero-order chi connectivity index (χ0) is 12.9. The minimum absolute atomic E-state index is 0.0907. The molecule has 1 saturated carbocycles. The molecule has 0 aromatic carbocycles. The average molecular weight is 256 g/mol. The third-order valence-corrected chi connectivity index (χ3v) is 6.83. The number of hydrogen-bond donors (Lipinski definition) is 0. The predicted molar refractivity (Wildman–Crippen MR) is 75.3 cm³/mol. The molecule has 0 N–H and O–H groups in total. The van der Waals surface area contributed by atoms with Crippen molar-refractivity contribution in [3.63, 3.8) is 0 Å². The normalized spacial score (nSPS) is 23.0. The van der Waals surface area contributed by atoms with E-state index in [9.17, 15) is 4.79 Å². The van der Waals surface area contributed by atoms with Crippen LogP contribution in [0, 0.1) is 5.92 Å². The number of esters is 1. The quantitative estimate of drug-likeness (QED) is 0.558. The molecule has 0 saturated heterocycles. The highest BCUT2D eigenvalue weighted by Gasteiger charge is 2.38. The molecule has 0 spiro atoms. The van der Waals surface area contributed by atoms with Gasteiger partial charge in [-0.25, -0.2) is 0 Å². The van der Waals surface area contributed by atoms with Gasteiger partial charge in [0.2, 0.25) is 0 Å². The first-order valence-electron chi connectivity index (χ1n) is 7.25. The average Bonchev–Trinajstić information content (AvgIpc) is 2.37. The van der Waals surface area contributed by atoms with Crippen molar-refractivity contribution in [3.05, 3.63) is 0 Å². The highest BCUT2D eigenvalue weighted by Crippen LogP contribution is 2.40. The minimum atomic E-state index is -0.161. The fourth-order valence-electron chi connectivity index (χ4n) is 2.61. The molecule has 1 aliphatic carbocycles. The van der Waals surface area contributed by atoms with E-state index in [4.69, 9.17) is 4.74 Å². The van der Waals surface area contributed by atoms with Gasteiger partial charge in [-0.1, -0.05) is 33.6 Å². The van der Waals surface area contributed by atoms with Crippen molar-refractivity contribution in [1.82, 2.24) is 0 Å². The molecule has 3 heteroatoms. The lowest BCUT2D eigenvalue weighted by molar-refractivity contribution is -0.156. The van der Waals surface area contributed by atoms with E-state index >= 15 is 0 Å². The van der Waals surface area contributed by atoms with Crippen LogP contribution >= 0.6 is 0 Å². The van der Waals surface area contributed by atoms with E-state index in [0.717, 1.165) is 35.9 Å². The van der Waals surface area contributed by atoms with Crippen LogP contribution in [0.1, 0.15) is 65.7 Å². The van der Waals surface area contributed by atoms with Crippen molar-refractivity contribution in [1.29, 1.82) is 0 Å². The Bertz CT molecular complexity index is 249. The second kappa shape index (κ2) is 6.57. The summed E-state index contributed by atoms with van der Waals surface area (Å²) in [6.07, 6.45) is 8.11. The van der Waals surface area contributed by atoms with E-state index in [1.165, 1.54) is 19.3 Å². The van der Waals surface area contributed by atoms with E-state index in [2.05, 4.69) is 20.8 Å². The molecule has 2 unspecified atom stereocenters. The van der Waals surface area contributed by atoms with E-state index in [1.54, 1.807) is 0 Å². The van der Waals surface area contributed by atoms with Crippen LogP contribution < -0.4 is 0 Å². The van der Waals surface area contributed by atoms with Gasteiger partial charge in [0, 0.05) is 10.2 Å². The zero-order valence-electron chi connectivity index (χ0n) is 11.9. The molecule has 2 nitrogen and oxygen atoms in total. The molecule has 0 radical (unpaired) electrons. The van der Waals surface area contributed by atoms with Crippen LogP contribution in [-0.2, 0) is 9.53 Å². The molecule has 100 valence electrons. The van der Waals surface area contributed by atoms with E-state index in [1.807, 2.05) is 0 Å². The van der Waals surface area contributed by atoms with Crippen LogP contribution in [0.15, 0.2) is 0 Å². The fourth-order valence-corrected chi connectivity index (χ4v) is 3.14. The van der Waals surface area contributed by atoms with Gasteiger partial charge in [-0.3, -0.25) is 4.79 Å². The maximum absolute atomic E-state index is 12.4. The first kappa shape index (κ1) is 14.7. The lowest BCUT2D eigenvalue weighted by atomic mass is 9.88. The third-order valence-electron chi connectivity index (χ3n) is 4.73. The molecular weight excluding hydrogens is 228 g/mol. The van der Waals surface area contributed by atoms with E-state index < -0.39 is 0 Å². The molecule has 17 heavy (non-hydrogen) atoms. The molecule has 1 aliphatic rings.